The zero-order valence-corrected chi connectivity index (χ0v) is 19.6. The van der Waals surface area contributed by atoms with Crippen molar-refractivity contribution >= 4 is 34.9 Å². The van der Waals surface area contributed by atoms with Gasteiger partial charge in [-0.15, -0.1) is 22.9 Å². The van der Waals surface area contributed by atoms with Gasteiger partial charge in [-0.3, -0.25) is 4.79 Å². The minimum atomic E-state index is -0.384. The van der Waals surface area contributed by atoms with Crippen molar-refractivity contribution in [2.75, 3.05) is 6.54 Å². The molecule has 162 valence electrons. The van der Waals surface area contributed by atoms with Crippen LogP contribution >= 0.6 is 22.9 Å². The van der Waals surface area contributed by atoms with Crippen molar-refractivity contribution in [1.82, 2.24) is 5.32 Å². The van der Waals surface area contributed by atoms with Gasteiger partial charge in [0.1, 0.15) is 0 Å². The number of carbonyl (C=O) groups is 1. The first-order chi connectivity index (χ1) is 14.4. The van der Waals surface area contributed by atoms with E-state index < -0.39 is 0 Å². The number of nitrogens with one attached hydrogen (secondary N) is 1. The molecule has 1 aliphatic carbocycles. The van der Waals surface area contributed by atoms with E-state index in [1.165, 1.54) is 21.6 Å². The maximum absolute atomic E-state index is 11.9. The second kappa shape index (κ2) is 10.6. The number of aliphatic hydroxyl groups is 1. The number of thiophene rings is 1. The van der Waals surface area contributed by atoms with Gasteiger partial charge in [0.15, 0.2) is 0 Å². The van der Waals surface area contributed by atoms with Crippen LogP contribution in [0, 0.1) is 25.7 Å². The third kappa shape index (κ3) is 5.96. The summed E-state index contributed by atoms with van der Waals surface area (Å²) in [4.78, 5) is 13.9. The van der Waals surface area contributed by atoms with Crippen LogP contribution in [-0.4, -0.2) is 29.0 Å². The molecule has 0 saturated heterocycles. The maximum atomic E-state index is 11.9. The van der Waals surface area contributed by atoms with Gasteiger partial charge in [-0.05, 0) is 70.1 Å². The van der Waals surface area contributed by atoms with Gasteiger partial charge in [-0.2, -0.15) is 0 Å². The number of aliphatic hydroxyl groups excluding tert-OH is 1. The van der Waals surface area contributed by atoms with Crippen LogP contribution in [0.15, 0.2) is 36.4 Å². The van der Waals surface area contributed by atoms with Crippen LogP contribution in [0.4, 0.5) is 0 Å². The quantitative estimate of drug-likeness (QED) is 0.508. The first kappa shape index (κ1) is 23.1. The van der Waals surface area contributed by atoms with Gasteiger partial charge in [0, 0.05) is 22.7 Å². The van der Waals surface area contributed by atoms with Crippen molar-refractivity contribution in [3.8, 4) is 0 Å². The molecule has 1 heterocycles. The van der Waals surface area contributed by atoms with Gasteiger partial charge in [0.2, 0.25) is 0 Å². The average molecular weight is 446 g/mol. The highest BCUT2D eigenvalue weighted by molar-refractivity contribution is 7.14. The van der Waals surface area contributed by atoms with E-state index in [1.807, 2.05) is 19.1 Å². The third-order valence-electron chi connectivity index (χ3n) is 5.81. The molecule has 2 aromatic rings. The van der Waals surface area contributed by atoms with E-state index in [1.54, 1.807) is 11.3 Å². The number of aryl methyl sites for hydroxylation is 3. The predicted molar refractivity (Wildman–Crippen MR) is 127 cm³/mol. The molecule has 1 aliphatic rings. The highest BCUT2D eigenvalue weighted by Gasteiger charge is 2.39. The lowest BCUT2D eigenvalue weighted by atomic mass is 9.89. The lowest BCUT2D eigenvalue weighted by Gasteiger charge is -2.20. The monoisotopic (exact) mass is 445 g/mol. The minimum absolute atomic E-state index is 0.00289. The Morgan fingerprint density at radius 3 is 2.70 bits per heavy atom. The molecule has 3 rings (SSSR count). The molecule has 5 heteroatoms. The van der Waals surface area contributed by atoms with Crippen molar-refractivity contribution in [3.63, 3.8) is 0 Å². The Hall–Kier alpha value is -1.62. The van der Waals surface area contributed by atoms with Crippen molar-refractivity contribution < 1.29 is 9.90 Å². The van der Waals surface area contributed by atoms with Crippen LogP contribution in [0.1, 0.15) is 57.4 Å². The van der Waals surface area contributed by atoms with Crippen molar-refractivity contribution in [2.24, 2.45) is 11.8 Å². The Balaban J connectivity index is 1.59. The lowest BCUT2D eigenvalue weighted by Crippen LogP contribution is -2.21. The van der Waals surface area contributed by atoms with E-state index in [9.17, 15) is 9.90 Å². The van der Waals surface area contributed by atoms with E-state index in [4.69, 9.17) is 11.6 Å². The molecule has 4 atom stereocenters. The fraction of sp³-hybridized carbons (Fsp3) is 0.480. The maximum Gasteiger partial charge on any atom is 0.261 e. The highest BCUT2D eigenvalue weighted by Crippen LogP contribution is 2.40. The zero-order chi connectivity index (χ0) is 21.7. The Morgan fingerprint density at radius 1 is 1.27 bits per heavy atom. The topological polar surface area (TPSA) is 49.3 Å². The van der Waals surface area contributed by atoms with Crippen LogP contribution in [0.5, 0.6) is 0 Å². The zero-order valence-electron chi connectivity index (χ0n) is 18.0. The fourth-order valence-corrected chi connectivity index (χ4v) is 5.90. The number of carbonyl (C=O) groups excluding carboxylic acids is 1. The Kier molecular flexibility index (Phi) is 8.15. The van der Waals surface area contributed by atoms with Crippen LogP contribution in [-0.2, 0) is 6.42 Å². The minimum Gasteiger partial charge on any atom is -0.392 e. The summed E-state index contributed by atoms with van der Waals surface area (Å²) in [5.74, 6) is 0.360. The summed E-state index contributed by atoms with van der Waals surface area (Å²) in [6.45, 7) is 6.78. The highest BCUT2D eigenvalue weighted by atomic mass is 35.5. The van der Waals surface area contributed by atoms with Crippen molar-refractivity contribution in [2.45, 2.75) is 57.9 Å². The largest absolute Gasteiger partial charge is 0.392 e. The molecule has 1 saturated carbocycles. The molecule has 1 amide bonds. The third-order valence-corrected chi connectivity index (χ3v) is 7.45. The standard InChI is InChI=1S/C25H32ClNO2S/c1-4-27-25(29)24-11-9-19(30-24)6-5-7-20-21(23(28)15-22(20)26)10-8-18-13-16(2)12-17(3)14-18/h8-14,20-23,28H,4-7,15H2,1-3H3,(H,27,29)/b10-8+/t20-,21-,22-,23-/m1/s1. The summed E-state index contributed by atoms with van der Waals surface area (Å²) in [6, 6.07) is 10.5. The smallest absolute Gasteiger partial charge is 0.261 e. The molecule has 3 nitrogen and oxygen atoms in total. The number of benzene rings is 1. The first-order valence-corrected chi connectivity index (χ1v) is 12.1. The molecule has 1 fully saturated rings. The van der Waals surface area contributed by atoms with E-state index >= 15 is 0 Å². The first-order valence-electron chi connectivity index (χ1n) is 10.8. The number of hydrogen-bond donors (Lipinski definition) is 2. The molecule has 30 heavy (non-hydrogen) atoms. The number of rotatable bonds is 8. The van der Waals surface area contributed by atoms with Crippen molar-refractivity contribution in [3.05, 3.63) is 62.9 Å². The second-order valence-electron chi connectivity index (χ2n) is 8.36. The number of alkyl halides is 1. The molecule has 1 aromatic carbocycles. The van der Waals surface area contributed by atoms with Crippen molar-refractivity contribution in [1.29, 1.82) is 0 Å². The average Bonchev–Trinajstić information content (AvgIpc) is 3.24. The normalized spacial score (nSPS) is 23.9. The van der Waals surface area contributed by atoms with Gasteiger partial charge in [0.05, 0.1) is 11.0 Å². The Bertz CT molecular complexity index is 871. The molecule has 0 unspecified atom stereocenters. The fourth-order valence-electron chi connectivity index (χ4n) is 4.46. The van der Waals surface area contributed by atoms with Gasteiger partial charge in [-0.25, -0.2) is 0 Å². The summed E-state index contributed by atoms with van der Waals surface area (Å²) in [6.07, 6.45) is 7.47. The Labute approximate surface area is 189 Å². The molecule has 0 radical (unpaired) electrons. The van der Waals surface area contributed by atoms with E-state index in [0.29, 0.717) is 13.0 Å². The molecule has 0 spiro atoms. The summed E-state index contributed by atoms with van der Waals surface area (Å²) < 4.78 is 0. The van der Waals surface area contributed by atoms with Crippen LogP contribution in [0.3, 0.4) is 0 Å². The summed E-state index contributed by atoms with van der Waals surface area (Å²) in [7, 11) is 0. The van der Waals surface area contributed by atoms with Gasteiger partial charge in [0.25, 0.3) is 5.91 Å². The van der Waals surface area contributed by atoms with Gasteiger partial charge >= 0.3 is 0 Å². The van der Waals surface area contributed by atoms with Crippen LogP contribution in [0.2, 0.25) is 0 Å². The number of hydrogen-bond acceptors (Lipinski definition) is 3. The predicted octanol–water partition coefficient (Wildman–Crippen LogP) is 5.76. The van der Waals surface area contributed by atoms with Gasteiger partial charge in [-0.1, -0.05) is 41.5 Å². The molecule has 0 aliphatic heterocycles. The van der Waals surface area contributed by atoms with E-state index in [0.717, 1.165) is 24.1 Å². The SMILES string of the molecule is CCNC(=O)c1ccc(CCC[C@@H]2[C@@H](/C=C/c3cc(C)cc(C)c3)[C@H](O)C[C@H]2Cl)s1. The molecular formula is C25H32ClNO2S. The summed E-state index contributed by atoms with van der Waals surface area (Å²) in [5, 5.41) is 13.4. The number of halogens is 1. The lowest BCUT2D eigenvalue weighted by molar-refractivity contribution is 0.0960. The molecule has 1 aromatic heterocycles. The van der Waals surface area contributed by atoms with Gasteiger partial charge < -0.3 is 10.4 Å². The van der Waals surface area contributed by atoms with E-state index in [2.05, 4.69) is 49.5 Å². The Morgan fingerprint density at radius 2 is 2.00 bits per heavy atom. The molecular weight excluding hydrogens is 414 g/mol. The van der Waals surface area contributed by atoms with Crippen LogP contribution < -0.4 is 5.32 Å². The second-order valence-corrected chi connectivity index (χ2v) is 10.1. The molecule has 2 N–H and O–H groups in total. The van der Waals surface area contributed by atoms with Crippen LogP contribution in [0.25, 0.3) is 6.08 Å². The summed E-state index contributed by atoms with van der Waals surface area (Å²) in [5.41, 5.74) is 3.67. The van der Waals surface area contributed by atoms with E-state index in [-0.39, 0.29) is 29.2 Å². The summed E-state index contributed by atoms with van der Waals surface area (Å²) >= 11 is 8.19. The molecule has 0 bridgehead atoms. The number of amides is 1.